The Labute approximate surface area is 169 Å². The number of hydrogen-bond donors (Lipinski definition) is 3. The standard InChI is InChI=1S/C20H21N5O3S/c1-22-11-13-4-3-5-15(10-13)24-20(26)18-19(21)23-12-17(25-18)14-6-8-16(9-7-14)29(2,27)28/h3-10,12,22H,11H2,1-2H3,(H2,21,23)(H,24,26). The number of anilines is 2. The second kappa shape index (κ2) is 8.38. The zero-order chi connectivity index (χ0) is 21.0. The molecule has 0 radical (unpaired) electrons. The number of rotatable bonds is 6. The third-order valence-electron chi connectivity index (χ3n) is 4.16. The first-order valence-electron chi connectivity index (χ1n) is 8.76. The van der Waals surface area contributed by atoms with Crippen LogP contribution in [0.3, 0.4) is 0 Å². The Morgan fingerprint density at radius 1 is 1.14 bits per heavy atom. The summed E-state index contributed by atoms with van der Waals surface area (Å²) in [7, 11) is -1.45. The van der Waals surface area contributed by atoms with Crippen LogP contribution in [0.15, 0.2) is 59.6 Å². The van der Waals surface area contributed by atoms with Gasteiger partial charge in [0.05, 0.1) is 16.8 Å². The van der Waals surface area contributed by atoms with Crippen molar-refractivity contribution >= 4 is 27.2 Å². The van der Waals surface area contributed by atoms with E-state index in [2.05, 4.69) is 20.6 Å². The van der Waals surface area contributed by atoms with Crippen LogP contribution in [-0.2, 0) is 16.4 Å². The summed E-state index contributed by atoms with van der Waals surface area (Å²) >= 11 is 0. The maximum Gasteiger partial charge on any atom is 0.278 e. The molecule has 0 atom stereocenters. The van der Waals surface area contributed by atoms with Gasteiger partial charge in [-0.25, -0.2) is 18.4 Å². The number of benzene rings is 2. The highest BCUT2D eigenvalue weighted by Crippen LogP contribution is 2.21. The Kier molecular flexibility index (Phi) is 5.90. The van der Waals surface area contributed by atoms with Crippen LogP contribution >= 0.6 is 0 Å². The summed E-state index contributed by atoms with van der Waals surface area (Å²) < 4.78 is 23.2. The van der Waals surface area contributed by atoms with E-state index in [1.54, 1.807) is 18.2 Å². The minimum atomic E-state index is -3.30. The Morgan fingerprint density at radius 2 is 1.86 bits per heavy atom. The van der Waals surface area contributed by atoms with E-state index in [4.69, 9.17) is 5.73 Å². The molecule has 8 nitrogen and oxygen atoms in total. The first-order chi connectivity index (χ1) is 13.8. The predicted octanol–water partition coefficient (Wildman–Crippen LogP) is 2.10. The van der Waals surface area contributed by atoms with Crippen molar-refractivity contribution in [2.45, 2.75) is 11.4 Å². The van der Waals surface area contributed by atoms with Gasteiger partial charge in [-0.3, -0.25) is 4.79 Å². The fourth-order valence-corrected chi connectivity index (χ4v) is 3.36. The molecule has 0 saturated heterocycles. The van der Waals surface area contributed by atoms with Crippen LogP contribution in [0.25, 0.3) is 11.3 Å². The molecule has 0 saturated carbocycles. The van der Waals surface area contributed by atoms with Gasteiger partial charge >= 0.3 is 0 Å². The molecule has 9 heteroatoms. The SMILES string of the molecule is CNCc1cccc(NC(=O)c2nc(-c3ccc(S(C)(=O)=O)cc3)cnc2N)c1. The molecule has 0 spiro atoms. The van der Waals surface area contributed by atoms with Crippen LogP contribution in [0.4, 0.5) is 11.5 Å². The quantitative estimate of drug-likeness (QED) is 0.567. The summed E-state index contributed by atoms with van der Waals surface area (Å²) in [6, 6.07) is 13.6. The smallest absolute Gasteiger partial charge is 0.278 e. The summed E-state index contributed by atoms with van der Waals surface area (Å²) in [5, 5.41) is 5.83. The van der Waals surface area contributed by atoms with Gasteiger partial charge in [0.25, 0.3) is 5.91 Å². The van der Waals surface area contributed by atoms with E-state index in [-0.39, 0.29) is 16.4 Å². The van der Waals surface area contributed by atoms with Gasteiger partial charge in [-0.05, 0) is 36.9 Å². The summed E-state index contributed by atoms with van der Waals surface area (Å²) in [5.41, 5.74) is 8.52. The van der Waals surface area contributed by atoms with Crippen LogP contribution in [-0.4, -0.2) is 37.6 Å². The molecule has 0 aliphatic heterocycles. The Morgan fingerprint density at radius 3 is 2.52 bits per heavy atom. The van der Waals surface area contributed by atoms with Crippen molar-refractivity contribution in [1.29, 1.82) is 0 Å². The van der Waals surface area contributed by atoms with Crippen LogP contribution in [0.1, 0.15) is 16.1 Å². The van der Waals surface area contributed by atoms with Crippen LogP contribution in [0, 0.1) is 0 Å². The van der Waals surface area contributed by atoms with Crippen molar-refractivity contribution < 1.29 is 13.2 Å². The number of aromatic nitrogens is 2. The number of carbonyl (C=O) groups is 1. The van der Waals surface area contributed by atoms with E-state index in [1.165, 1.54) is 18.3 Å². The average Bonchev–Trinajstić information content (AvgIpc) is 2.68. The molecule has 3 aromatic rings. The van der Waals surface area contributed by atoms with Crippen LogP contribution in [0.2, 0.25) is 0 Å². The van der Waals surface area contributed by atoms with Crippen molar-refractivity contribution in [2.75, 3.05) is 24.4 Å². The number of carbonyl (C=O) groups excluding carboxylic acids is 1. The highest BCUT2D eigenvalue weighted by molar-refractivity contribution is 7.90. The van der Waals surface area contributed by atoms with Gasteiger partial charge in [0.2, 0.25) is 0 Å². The molecular formula is C20H21N5O3S. The minimum Gasteiger partial charge on any atom is -0.382 e. The van der Waals surface area contributed by atoms with Gasteiger partial charge in [0.1, 0.15) is 0 Å². The number of amides is 1. The zero-order valence-electron chi connectivity index (χ0n) is 16.0. The minimum absolute atomic E-state index is 0.00499. The molecular weight excluding hydrogens is 390 g/mol. The van der Waals surface area contributed by atoms with Crippen molar-refractivity contribution in [3.63, 3.8) is 0 Å². The second-order valence-corrected chi connectivity index (χ2v) is 8.49. The summed E-state index contributed by atoms with van der Waals surface area (Å²) in [5.74, 6) is -0.475. The molecule has 1 amide bonds. The topological polar surface area (TPSA) is 127 Å². The van der Waals surface area contributed by atoms with E-state index in [0.29, 0.717) is 23.5 Å². The first kappa shape index (κ1) is 20.4. The van der Waals surface area contributed by atoms with Gasteiger partial charge < -0.3 is 16.4 Å². The number of nitrogen functional groups attached to an aromatic ring is 1. The number of hydrogen-bond acceptors (Lipinski definition) is 7. The molecule has 2 aromatic carbocycles. The number of nitrogens with zero attached hydrogens (tertiary/aromatic N) is 2. The predicted molar refractivity (Wildman–Crippen MR) is 112 cm³/mol. The Hall–Kier alpha value is -3.30. The molecule has 0 unspecified atom stereocenters. The molecule has 1 heterocycles. The second-order valence-electron chi connectivity index (χ2n) is 6.47. The summed E-state index contributed by atoms with van der Waals surface area (Å²) in [4.78, 5) is 21.3. The van der Waals surface area contributed by atoms with Crippen LogP contribution < -0.4 is 16.4 Å². The van der Waals surface area contributed by atoms with Crippen LogP contribution in [0.5, 0.6) is 0 Å². The molecule has 3 rings (SSSR count). The Bertz CT molecular complexity index is 1150. The highest BCUT2D eigenvalue weighted by Gasteiger charge is 2.16. The molecule has 0 bridgehead atoms. The lowest BCUT2D eigenvalue weighted by Crippen LogP contribution is -2.17. The van der Waals surface area contributed by atoms with E-state index < -0.39 is 15.7 Å². The van der Waals surface area contributed by atoms with Gasteiger partial charge in [0, 0.05) is 24.1 Å². The number of sulfone groups is 1. The number of nitrogens with one attached hydrogen (secondary N) is 2. The van der Waals surface area contributed by atoms with Crippen molar-refractivity contribution in [3.8, 4) is 11.3 Å². The fraction of sp³-hybridized carbons (Fsp3) is 0.150. The van der Waals surface area contributed by atoms with Crippen molar-refractivity contribution in [3.05, 3.63) is 66.0 Å². The van der Waals surface area contributed by atoms with Crippen molar-refractivity contribution in [1.82, 2.24) is 15.3 Å². The molecule has 0 aliphatic rings. The monoisotopic (exact) mass is 411 g/mol. The molecule has 1 aromatic heterocycles. The van der Waals surface area contributed by atoms with E-state index in [1.807, 2.05) is 25.2 Å². The third-order valence-corrected chi connectivity index (χ3v) is 5.29. The van der Waals surface area contributed by atoms with E-state index in [0.717, 1.165) is 11.8 Å². The van der Waals surface area contributed by atoms with Gasteiger partial charge in [-0.15, -0.1) is 0 Å². The van der Waals surface area contributed by atoms with E-state index >= 15 is 0 Å². The summed E-state index contributed by atoms with van der Waals surface area (Å²) in [6.45, 7) is 0.671. The Balaban J connectivity index is 1.87. The molecule has 29 heavy (non-hydrogen) atoms. The maximum absolute atomic E-state index is 12.7. The van der Waals surface area contributed by atoms with Crippen molar-refractivity contribution in [2.24, 2.45) is 0 Å². The first-order valence-corrected chi connectivity index (χ1v) is 10.6. The number of nitrogens with two attached hydrogens (primary N) is 1. The molecule has 4 N–H and O–H groups in total. The lowest BCUT2D eigenvalue weighted by atomic mass is 10.1. The maximum atomic E-state index is 12.7. The van der Waals surface area contributed by atoms with Gasteiger partial charge in [-0.2, -0.15) is 0 Å². The zero-order valence-corrected chi connectivity index (χ0v) is 16.8. The molecule has 0 aliphatic carbocycles. The lowest BCUT2D eigenvalue weighted by Gasteiger charge is -2.10. The molecule has 0 fully saturated rings. The van der Waals surface area contributed by atoms with Gasteiger partial charge in [0.15, 0.2) is 21.3 Å². The molecule has 150 valence electrons. The normalized spacial score (nSPS) is 11.2. The summed E-state index contributed by atoms with van der Waals surface area (Å²) in [6.07, 6.45) is 2.58. The highest BCUT2D eigenvalue weighted by atomic mass is 32.2. The van der Waals surface area contributed by atoms with E-state index in [9.17, 15) is 13.2 Å². The fourth-order valence-electron chi connectivity index (χ4n) is 2.73. The van der Waals surface area contributed by atoms with Gasteiger partial charge in [-0.1, -0.05) is 24.3 Å². The average molecular weight is 411 g/mol. The third kappa shape index (κ3) is 4.95. The lowest BCUT2D eigenvalue weighted by molar-refractivity contribution is 0.102. The largest absolute Gasteiger partial charge is 0.382 e.